The van der Waals surface area contributed by atoms with E-state index in [2.05, 4.69) is 103 Å². The summed E-state index contributed by atoms with van der Waals surface area (Å²) in [5.74, 6) is 0.816. The third kappa shape index (κ3) is 6.23. The first-order valence-electron chi connectivity index (χ1n) is 11.2. The molecule has 0 fully saturated rings. The molecule has 0 spiro atoms. The van der Waals surface area contributed by atoms with E-state index in [1.807, 2.05) is 24.3 Å². The van der Waals surface area contributed by atoms with Crippen LogP contribution in [-0.2, 0) is 10.8 Å². The Labute approximate surface area is 193 Å². The summed E-state index contributed by atoms with van der Waals surface area (Å²) in [4.78, 5) is 4.79. The van der Waals surface area contributed by atoms with Crippen LogP contribution in [0.1, 0.15) is 63.8 Å². The van der Waals surface area contributed by atoms with Gasteiger partial charge in [0.25, 0.3) is 6.02 Å². The number of hydrogen-bond donors (Lipinski definition) is 1. The van der Waals surface area contributed by atoms with Gasteiger partial charge in [-0.3, -0.25) is 0 Å². The van der Waals surface area contributed by atoms with Gasteiger partial charge in [0, 0.05) is 11.3 Å². The summed E-state index contributed by atoms with van der Waals surface area (Å²) in [5, 5.41) is 3.37. The maximum Gasteiger partial charge on any atom is 0.300 e. The molecule has 0 aromatic heterocycles. The second-order valence-electron chi connectivity index (χ2n) is 10.6. The molecule has 3 aromatic carbocycles. The fourth-order valence-corrected chi connectivity index (χ4v) is 3.35. The van der Waals surface area contributed by atoms with Crippen LogP contribution in [0.15, 0.2) is 71.7 Å². The third-order valence-electron chi connectivity index (χ3n) is 5.43. The number of amidine groups is 1. The van der Waals surface area contributed by atoms with Gasteiger partial charge in [-0.05, 0) is 60.6 Å². The van der Waals surface area contributed by atoms with Gasteiger partial charge < -0.3 is 10.1 Å². The first-order valence-corrected chi connectivity index (χ1v) is 11.2. The number of nitrogens with one attached hydrogen (secondary N) is 1. The minimum atomic E-state index is -0.0740. The van der Waals surface area contributed by atoms with E-state index in [1.54, 1.807) is 0 Å². The zero-order valence-electron chi connectivity index (χ0n) is 20.7. The number of ether oxygens (including phenoxy) is 1. The number of hydrogen-bond acceptors (Lipinski definition) is 2. The highest BCUT2D eigenvalue weighted by Crippen LogP contribution is 2.36. The minimum absolute atomic E-state index is 0.0670. The molecule has 0 aliphatic carbocycles. The molecule has 0 unspecified atom stereocenters. The van der Waals surface area contributed by atoms with Crippen molar-refractivity contribution < 1.29 is 4.74 Å². The van der Waals surface area contributed by atoms with E-state index in [0.717, 1.165) is 22.7 Å². The molecule has 0 saturated heterocycles. The predicted octanol–water partition coefficient (Wildman–Crippen LogP) is 8.08. The van der Waals surface area contributed by atoms with E-state index < -0.39 is 0 Å². The van der Waals surface area contributed by atoms with E-state index in [0.29, 0.717) is 6.02 Å². The van der Waals surface area contributed by atoms with Gasteiger partial charge in [-0.15, -0.1) is 0 Å². The molecule has 0 heterocycles. The van der Waals surface area contributed by atoms with Crippen LogP contribution < -0.4 is 10.1 Å². The van der Waals surface area contributed by atoms with Gasteiger partial charge >= 0.3 is 0 Å². The van der Waals surface area contributed by atoms with Gasteiger partial charge in [0.2, 0.25) is 0 Å². The number of anilines is 1. The summed E-state index contributed by atoms with van der Waals surface area (Å²) >= 11 is 0. The lowest BCUT2D eigenvalue weighted by molar-refractivity contribution is 0.498. The summed E-state index contributed by atoms with van der Waals surface area (Å²) in [5.41, 5.74) is 6.63. The van der Waals surface area contributed by atoms with Crippen LogP contribution in [0.3, 0.4) is 0 Å². The van der Waals surface area contributed by atoms with Crippen molar-refractivity contribution in [3.63, 3.8) is 0 Å². The molecule has 3 rings (SSSR count). The number of benzene rings is 3. The second kappa shape index (κ2) is 9.20. The standard InChI is InChI=1S/C29H36N2O/c1-20-9-14-23(15-10-20)30-27(31-24-16-11-21(2)12-17-24)32-26-18-13-22(28(3,4)5)19-25(26)29(6,7)8/h9-19H,1-8H3,(H,30,31). The van der Waals surface area contributed by atoms with Crippen molar-refractivity contribution in [1.29, 1.82) is 0 Å². The largest absolute Gasteiger partial charge is 0.425 e. The fraction of sp³-hybridized carbons (Fsp3) is 0.345. The number of nitrogens with zero attached hydrogens (tertiary/aromatic N) is 1. The molecule has 32 heavy (non-hydrogen) atoms. The van der Waals surface area contributed by atoms with Gasteiger partial charge in [-0.2, -0.15) is 4.99 Å². The number of aryl methyl sites for hydroxylation is 2. The summed E-state index contributed by atoms with van der Waals surface area (Å²) < 4.78 is 6.45. The molecule has 0 aliphatic heterocycles. The van der Waals surface area contributed by atoms with Crippen LogP contribution in [-0.4, -0.2) is 6.02 Å². The topological polar surface area (TPSA) is 33.6 Å². The maximum atomic E-state index is 6.45. The molecule has 168 valence electrons. The second-order valence-corrected chi connectivity index (χ2v) is 10.6. The van der Waals surface area contributed by atoms with Gasteiger partial charge in [-0.1, -0.05) is 89.1 Å². The van der Waals surface area contributed by atoms with Crippen molar-refractivity contribution in [3.05, 3.63) is 89.0 Å². The lowest BCUT2D eigenvalue weighted by Gasteiger charge is -2.27. The average molecular weight is 429 g/mol. The van der Waals surface area contributed by atoms with Crippen molar-refractivity contribution in [1.82, 2.24) is 0 Å². The Morgan fingerprint density at radius 3 is 1.81 bits per heavy atom. The normalized spacial score (nSPS) is 12.6. The van der Waals surface area contributed by atoms with E-state index in [4.69, 9.17) is 9.73 Å². The summed E-state index contributed by atoms with van der Waals surface area (Å²) in [7, 11) is 0. The van der Waals surface area contributed by atoms with Crippen molar-refractivity contribution in [3.8, 4) is 5.75 Å². The van der Waals surface area contributed by atoms with Crippen LogP contribution in [0.4, 0.5) is 11.4 Å². The molecule has 0 atom stereocenters. The Hall–Kier alpha value is -3.07. The van der Waals surface area contributed by atoms with Crippen LogP contribution in [0.5, 0.6) is 5.75 Å². The monoisotopic (exact) mass is 428 g/mol. The number of rotatable bonds is 3. The van der Waals surface area contributed by atoms with Gasteiger partial charge in [0.15, 0.2) is 0 Å². The van der Waals surface area contributed by atoms with Crippen molar-refractivity contribution in [2.75, 3.05) is 5.32 Å². The number of aliphatic imine (C=N–C) groups is 1. The molecule has 0 bridgehead atoms. The lowest BCUT2D eigenvalue weighted by Crippen LogP contribution is -2.23. The van der Waals surface area contributed by atoms with Crippen LogP contribution in [0.25, 0.3) is 0 Å². The zero-order valence-corrected chi connectivity index (χ0v) is 20.7. The quantitative estimate of drug-likeness (QED) is 0.338. The summed E-state index contributed by atoms with van der Waals surface area (Å²) in [6, 6.07) is 23.3. The predicted molar refractivity (Wildman–Crippen MR) is 138 cm³/mol. The molecule has 0 radical (unpaired) electrons. The highest BCUT2D eigenvalue weighted by molar-refractivity contribution is 5.92. The Morgan fingerprint density at radius 2 is 1.28 bits per heavy atom. The third-order valence-corrected chi connectivity index (χ3v) is 5.43. The summed E-state index contributed by atoms with van der Waals surface area (Å²) in [6.45, 7) is 17.5. The van der Waals surface area contributed by atoms with Gasteiger partial charge in [0.1, 0.15) is 5.75 Å². The van der Waals surface area contributed by atoms with Crippen LogP contribution >= 0.6 is 0 Å². The Kier molecular flexibility index (Phi) is 6.78. The van der Waals surface area contributed by atoms with E-state index in [9.17, 15) is 0 Å². The SMILES string of the molecule is Cc1ccc(N=C(Nc2ccc(C)cc2)Oc2ccc(C(C)(C)C)cc2C(C)(C)C)cc1. The molecule has 1 N–H and O–H groups in total. The first kappa shape index (κ1) is 23.6. The van der Waals surface area contributed by atoms with E-state index in [-0.39, 0.29) is 10.8 Å². The molecule has 0 amide bonds. The Morgan fingerprint density at radius 1 is 0.719 bits per heavy atom. The average Bonchev–Trinajstić information content (AvgIpc) is 2.70. The molecule has 0 aliphatic rings. The maximum absolute atomic E-state index is 6.45. The van der Waals surface area contributed by atoms with Gasteiger partial charge in [0.05, 0.1) is 5.69 Å². The van der Waals surface area contributed by atoms with Gasteiger partial charge in [-0.25, -0.2) is 0 Å². The fourth-order valence-electron chi connectivity index (χ4n) is 3.35. The lowest BCUT2D eigenvalue weighted by atomic mass is 9.80. The minimum Gasteiger partial charge on any atom is -0.425 e. The Balaban J connectivity index is 2.03. The molecular formula is C29H36N2O. The van der Waals surface area contributed by atoms with E-state index in [1.165, 1.54) is 16.7 Å². The molecule has 0 saturated carbocycles. The van der Waals surface area contributed by atoms with Crippen LogP contribution in [0.2, 0.25) is 0 Å². The molecule has 3 heteroatoms. The van der Waals surface area contributed by atoms with Crippen molar-refractivity contribution in [2.45, 2.75) is 66.2 Å². The smallest absolute Gasteiger partial charge is 0.300 e. The zero-order chi connectivity index (χ0) is 23.5. The molecule has 3 aromatic rings. The molecule has 3 nitrogen and oxygen atoms in total. The highest BCUT2D eigenvalue weighted by atomic mass is 16.5. The summed E-state index contributed by atoms with van der Waals surface area (Å²) in [6.07, 6.45) is 0. The first-order chi connectivity index (χ1) is 14.9. The van der Waals surface area contributed by atoms with Crippen LogP contribution in [0, 0.1) is 13.8 Å². The van der Waals surface area contributed by atoms with Crippen molar-refractivity contribution >= 4 is 17.4 Å². The van der Waals surface area contributed by atoms with Crippen molar-refractivity contribution in [2.24, 2.45) is 4.99 Å². The van der Waals surface area contributed by atoms with E-state index >= 15 is 0 Å². The highest BCUT2D eigenvalue weighted by Gasteiger charge is 2.24. The molecular weight excluding hydrogens is 392 g/mol. The Bertz CT molecular complexity index is 1080.